The van der Waals surface area contributed by atoms with Crippen molar-refractivity contribution in [3.63, 3.8) is 0 Å². The predicted molar refractivity (Wildman–Crippen MR) is 255 cm³/mol. The van der Waals surface area contributed by atoms with E-state index in [0.717, 1.165) is 93.1 Å². The van der Waals surface area contributed by atoms with Crippen molar-refractivity contribution in [2.24, 2.45) is 5.92 Å². The minimum absolute atomic E-state index is 0.0152. The Bertz CT molecular complexity index is 2520. The van der Waals surface area contributed by atoms with Crippen molar-refractivity contribution in [1.29, 1.82) is 0 Å². The minimum atomic E-state index is -4.57. The van der Waals surface area contributed by atoms with Crippen LogP contribution in [-0.2, 0) is 36.5 Å². The Balaban J connectivity index is 0.670. The zero-order chi connectivity index (χ0) is 49.9. The number of piperazine rings is 1. The van der Waals surface area contributed by atoms with Crippen LogP contribution in [0, 0.1) is 5.92 Å². The molecule has 4 aliphatic rings. The first-order valence-corrected chi connectivity index (χ1v) is 24.4. The number of imidazole rings is 1. The van der Waals surface area contributed by atoms with Gasteiger partial charge in [-0.1, -0.05) is 18.7 Å². The lowest BCUT2D eigenvalue weighted by atomic mass is 9.86. The number of aliphatic hydroxyl groups is 1. The summed E-state index contributed by atoms with van der Waals surface area (Å²) >= 11 is 0. The van der Waals surface area contributed by atoms with E-state index in [4.69, 9.17) is 28.7 Å². The van der Waals surface area contributed by atoms with Crippen LogP contribution in [0.1, 0.15) is 86.8 Å². The van der Waals surface area contributed by atoms with E-state index in [2.05, 4.69) is 33.1 Å². The fourth-order valence-corrected chi connectivity index (χ4v) is 9.52. The average Bonchev–Trinajstić information content (AvgIpc) is 3.84. The summed E-state index contributed by atoms with van der Waals surface area (Å²) in [6, 6.07) is 14.3. The maximum absolute atomic E-state index is 13.4. The SMILES string of the molecule is C=C1CCC(N2C(=O)c3ccc(OCCOCCOCCOCCOCCN4CCN(Cc5ccc6c(c5)nc(NC(=O)c5cccc(C(F)(F)F)c5)n6[C@H]5CC[C@@H](CO)CC5)CC4)cc3C2=O)C(=O)N1. The molecule has 0 spiro atoms. The lowest BCUT2D eigenvalue weighted by Crippen LogP contribution is -2.51. The van der Waals surface area contributed by atoms with Crippen LogP contribution in [-0.4, -0.2) is 158 Å². The Kier molecular flexibility index (Phi) is 17.5. The number of hydrogen-bond donors (Lipinski definition) is 3. The predicted octanol–water partition coefficient (Wildman–Crippen LogP) is 5.68. The second-order valence-electron chi connectivity index (χ2n) is 18.3. The van der Waals surface area contributed by atoms with E-state index in [1.165, 1.54) is 18.2 Å². The van der Waals surface area contributed by atoms with Gasteiger partial charge in [-0.25, -0.2) is 4.98 Å². The van der Waals surface area contributed by atoms with Gasteiger partial charge in [-0.05, 0) is 98.5 Å². The summed E-state index contributed by atoms with van der Waals surface area (Å²) < 4.78 is 70.7. The van der Waals surface area contributed by atoms with E-state index in [9.17, 15) is 37.5 Å². The monoisotopic (exact) mass is 989 g/mol. The van der Waals surface area contributed by atoms with Gasteiger partial charge in [0.25, 0.3) is 17.7 Å². The highest BCUT2D eigenvalue weighted by Crippen LogP contribution is 2.38. The standard InChI is InChI=1S/C51H62F3N7O10/c1-34-5-13-45(47(64)55-34)61-48(65)41-12-11-40(31-42(41)49(61)66)71-28-27-70-26-25-69-24-23-68-22-21-67-20-19-58-15-17-59(18-16-58)32-36-8-14-44-43(29-36)56-50(60(44)39-9-6-35(33-62)7-10-39)57-46(63)37-3-2-4-38(30-37)51(52,53)54/h2-4,8,11-12,14,29-31,35,39,45,62H,1,5-7,9-10,13,15-28,32-33H2,(H,55,64)(H,56,57,63)/t35-,39+,45?. The molecule has 1 saturated carbocycles. The lowest BCUT2D eigenvalue weighted by Gasteiger charge is -2.34. The molecule has 1 aromatic heterocycles. The molecule has 71 heavy (non-hydrogen) atoms. The number of aliphatic hydroxyl groups excluding tert-OH is 1. The van der Waals surface area contributed by atoms with Crippen molar-refractivity contribution in [2.75, 3.05) is 104 Å². The van der Waals surface area contributed by atoms with Crippen LogP contribution in [0.2, 0.25) is 0 Å². The largest absolute Gasteiger partial charge is 0.491 e. The number of hydrogen-bond acceptors (Lipinski definition) is 13. The summed E-state index contributed by atoms with van der Waals surface area (Å²) in [4.78, 5) is 62.4. The molecule has 1 unspecified atom stereocenters. The Morgan fingerprint density at radius 3 is 2.11 bits per heavy atom. The van der Waals surface area contributed by atoms with E-state index >= 15 is 0 Å². The third-order valence-corrected chi connectivity index (χ3v) is 13.4. The summed E-state index contributed by atoms with van der Waals surface area (Å²) in [5, 5.41) is 15.2. The normalized spacial score (nSPS) is 20.2. The first-order chi connectivity index (χ1) is 34.4. The first kappa shape index (κ1) is 51.6. The molecule has 17 nitrogen and oxygen atoms in total. The zero-order valence-electron chi connectivity index (χ0n) is 39.8. The van der Waals surface area contributed by atoms with Gasteiger partial charge in [0.05, 0.1) is 80.6 Å². The number of rotatable bonds is 23. The highest BCUT2D eigenvalue weighted by Gasteiger charge is 2.44. The maximum atomic E-state index is 13.4. The number of carbonyl (C=O) groups excluding carboxylic acids is 4. The molecule has 8 rings (SSSR count). The van der Waals surface area contributed by atoms with Gasteiger partial charge >= 0.3 is 6.18 Å². The number of alkyl halides is 3. The fraction of sp³-hybridized carbons (Fsp3) is 0.510. The van der Waals surface area contributed by atoms with Gasteiger partial charge in [0, 0.05) is 63.2 Å². The molecule has 4 heterocycles. The number of piperidine rings is 1. The molecular weight excluding hydrogens is 928 g/mol. The van der Waals surface area contributed by atoms with Gasteiger partial charge in [-0.3, -0.25) is 39.2 Å². The van der Waals surface area contributed by atoms with Crippen molar-refractivity contribution in [2.45, 2.75) is 63.3 Å². The molecule has 20 heteroatoms. The molecule has 1 aliphatic carbocycles. The molecule has 0 radical (unpaired) electrons. The van der Waals surface area contributed by atoms with Crippen molar-refractivity contribution < 1.29 is 61.1 Å². The third kappa shape index (κ3) is 13.2. The van der Waals surface area contributed by atoms with E-state index < -0.39 is 41.4 Å². The Labute approximate surface area is 410 Å². The first-order valence-electron chi connectivity index (χ1n) is 24.4. The van der Waals surface area contributed by atoms with Crippen molar-refractivity contribution in [1.82, 2.24) is 29.6 Å². The number of nitrogens with one attached hydrogen (secondary N) is 2. The van der Waals surface area contributed by atoms with E-state index in [0.29, 0.717) is 88.6 Å². The lowest BCUT2D eigenvalue weighted by molar-refractivity contribution is -0.137. The number of imide groups is 1. The number of fused-ring (bicyclic) bond motifs is 2. The number of aromatic nitrogens is 2. The maximum Gasteiger partial charge on any atom is 0.416 e. The van der Waals surface area contributed by atoms with Crippen LogP contribution >= 0.6 is 0 Å². The molecule has 3 aromatic carbocycles. The molecule has 0 bridgehead atoms. The highest BCUT2D eigenvalue weighted by molar-refractivity contribution is 6.23. The average molecular weight is 990 g/mol. The minimum Gasteiger partial charge on any atom is -0.491 e. The van der Waals surface area contributed by atoms with Gasteiger partial charge in [0.2, 0.25) is 11.9 Å². The van der Waals surface area contributed by atoms with Gasteiger partial charge in [0.1, 0.15) is 18.4 Å². The molecule has 3 aliphatic heterocycles. The molecule has 4 aromatic rings. The van der Waals surface area contributed by atoms with Crippen LogP contribution in [0.3, 0.4) is 0 Å². The van der Waals surface area contributed by atoms with Gasteiger partial charge in [0.15, 0.2) is 0 Å². The molecule has 3 N–H and O–H groups in total. The summed E-state index contributed by atoms with van der Waals surface area (Å²) in [5.74, 6) is -1.15. The fourth-order valence-electron chi connectivity index (χ4n) is 9.52. The van der Waals surface area contributed by atoms with Gasteiger partial charge in [-0.15, -0.1) is 0 Å². The van der Waals surface area contributed by atoms with Crippen LogP contribution in [0.4, 0.5) is 19.1 Å². The molecule has 3 fully saturated rings. The number of nitrogens with zero attached hydrogens (tertiary/aromatic N) is 5. The van der Waals surface area contributed by atoms with Crippen LogP contribution < -0.4 is 15.4 Å². The Hall–Kier alpha value is -5.74. The zero-order valence-corrected chi connectivity index (χ0v) is 39.8. The number of anilines is 1. The Morgan fingerprint density at radius 2 is 1.44 bits per heavy atom. The number of allylic oxidation sites excluding steroid dienone is 1. The van der Waals surface area contributed by atoms with Crippen LogP contribution in [0.15, 0.2) is 72.9 Å². The quantitative estimate of drug-likeness (QED) is 0.0610. The second-order valence-corrected chi connectivity index (χ2v) is 18.3. The van der Waals surface area contributed by atoms with Crippen LogP contribution in [0.5, 0.6) is 5.75 Å². The summed E-state index contributed by atoms with van der Waals surface area (Å²) in [6.07, 6.45) is -0.532. The summed E-state index contributed by atoms with van der Waals surface area (Å²) in [7, 11) is 0. The van der Waals surface area contributed by atoms with E-state index in [1.54, 1.807) is 12.1 Å². The number of benzene rings is 3. The number of ether oxygens (including phenoxy) is 5. The summed E-state index contributed by atoms with van der Waals surface area (Å²) in [5.41, 5.74) is 2.64. The molecule has 1 atom stereocenters. The molecule has 4 amide bonds. The molecule has 382 valence electrons. The topological polar surface area (TPSA) is 186 Å². The number of amides is 4. The molecular formula is C51H62F3N7O10. The summed E-state index contributed by atoms with van der Waals surface area (Å²) in [6.45, 7) is 12.6. The molecule has 2 saturated heterocycles. The number of halogens is 3. The number of carbonyl (C=O) groups is 4. The second kappa shape index (κ2) is 24.1. The van der Waals surface area contributed by atoms with Gasteiger partial charge < -0.3 is 38.7 Å². The van der Waals surface area contributed by atoms with Crippen molar-refractivity contribution in [3.8, 4) is 5.75 Å². The van der Waals surface area contributed by atoms with Crippen molar-refractivity contribution in [3.05, 3.63) is 101 Å². The Morgan fingerprint density at radius 1 is 0.775 bits per heavy atom. The highest BCUT2D eigenvalue weighted by atomic mass is 19.4. The smallest absolute Gasteiger partial charge is 0.416 e. The van der Waals surface area contributed by atoms with Gasteiger partial charge in [-0.2, -0.15) is 13.2 Å². The van der Waals surface area contributed by atoms with Crippen molar-refractivity contribution >= 4 is 40.6 Å². The third-order valence-electron chi connectivity index (χ3n) is 13.4. The van der Waals surface area contributed by atoms with E-state index in [-0.39, 0.29) is 41.9 Å². The van der Waals surface area contributed by atoms with Crippen LogP contribution in [0.25, 0.3) is 11.0 Å². The van der Waals surface area contributed by atoms with E-state index in [1.807, 2.05) is 16.7 Å².